The van der Waals surface area contributed by atoms with E-state index in [1.807, 2.05) is 12.3 Å². The number of rotatable bonds is 3. The molecule has 1 aliphatic rings. The minimum Gasteiger partial charge on any atom is -0.466 e. The molecule has 0 saturated heterocycles. The van der Waals surface area contributed by atoms with Crippen LogP contribution < -0.4 is 5.73 Å². The summed E-state index contributed by atoms with van der Waals surface area (Å²) in [5, 5.41) is 2.48. The Hall–Kier alpha value is -1.10. The number of ether oxygens (including phenoxy) is 1. The van der Waals surface area contributed by atoms with E-state index in [0.29, 0.717) is 11.7 Å². The van der Waals surface area contributed by atoms with Crippen LogP contribution in [0.2, 0.25) is 0 Å². The highest BCUT2D eigenvalue weighted by molar-refractivity contribution is 7.13. The number of carbonyl (C=O) groups is 1. The van der Waals surface area contributed by atoms with Crippen molar-refractivity contribution >= 4 is 22.4 Å². The van der Waals surface area contributed by atoms with Gasteiger partial charge in [-0.15, -0.1) is 11.3 Å². The molecule has 4 nitrogen and oxygen atoms in total. The molecule has 1 aromatic heterocycles. The van der Waals surface area contributed by atoms with Crippen molar-refractivity contribution in [3.05, 3.63) is 11.1 Å². The van der Waals surface area contributed by atoms with Gasteiger partial charge in [0.25, 0.3) is 0 Å². The van der Waals surface area contributed by atoms with E-state index < -0.39 is 0 Å². The van der Waals surface area contributed by atoms with Crippen LogP contribution in [0.15, 0.2) is 5.38 Å². The zero-order valence-corrected chi connectivity index (χ0v) is 8.71. The zero-order chi connectivity index (χ0) is 10.1. The Labute approximate surface area is 86.1 Å². The summed E-state index contributed by atoms with van der Waals surface area (Å²) >= 11 is 1.41. The van der Waals surface area contributed by atoms with Crippen LogP contribution in [0.3, 0.4) is 0 Å². The first-order valence-corrected chi connectivity index (χ1v) is 5.48. The lowest BCUT2D eigenvalue weighted by Gasteiger charge is -1.98. The highest BCUT2D eigenvalue weighted by Crippen LogP contribution is 2.48. The smallest absolute Gasteiger partial charge is 0.309 e. The molecule has 76 valence electrons. The maximum absolute atomic E-state index is 11.3. The molecule has 0 amide bonds. The number of aromatic nitrogens is 1. The second-order valence-corrected chi connectivity index (χ2v) is 4.20. The molecule has 0 aliphatic heterocycles. The summed E-state index contributed by atoms with van der Waals surface area (Å²) < 4.78 is 4.93. The topological polar surface area (TPSA) is 65.2 Å². The van der Waals surface area contributed by atoms with Crippen molar-refractivity contribution in [3.8, 4) is 0 Å². The fourth-order valence-electron chi connectivity index (χ4n) is 1.50. The maximum atomic E-state index is 11.3. The minimum atomic E-state index is -0.107. The third kappa shape index (κ3) is 1.72. The predicted octanol–water partition coefficient (Wildman–Crippen LogP) is 1.39. The normalized spacial score (nSPS) is 24.6. The van der Waals surface area contributed by atoms with Gasteiger partial charge in [-0.25, -0.2) is 4.98 Å². The molecule has 1 saturated carbocycles. The van der Waals surface area contributed by atoms with E-state index in [4.69, 9.17) is 10.5 Å². The summed E-state index contributed by atoms with van der Waals surface area (Å²) in [6.45, 7) is 2.26. The number of nitrogens with zero attached hydrogens (tertiary/aromatic N) is 1. The Morgan fingerprint density at radius 3 is 3.21 bits per heavy atom. The summed E-state index contributed by atoms with van der Waals surface area (Å²) in [5.41, 5.74) is 6.45. The third-order valence-corrected chi connectivity index (χ3v) is 2.99. The predicted molar refractivity (Wildman–Crippen MR) is 54.0 cm³/mol. The van der Waals surface area contributed by atoms with E-state index in [1.165, 1.54) is 11.3 Å². The van der Waals surface area contributed by atoms with E-state index in [2.05, 4.69) is 4.98 Å². The molecule has 1 fully saturated rings. The maximum Gasteiger partial charge on any atom is 0.309 e. The Balaban J connectivity index is 1.96. The first kappa shape index (κ1) is 9.45. The fourth-order valence-corrected chi connectivity index (χ4v) is 2.13. The first-order chi connectivity index (χ1) is 6.72. The van der Waals surface area contributed by atoms with Crippen molar-refractivity contribution in [2.75, 3.05) is 12.3 Å². The second kappa shape index (κ2) is 3.57. The summed E-state index contributed by atoms with van der Waals surface area (Å²) in [5.74, 6) is 0.142. The van der Waals surface area contributed by atoms with Crippen LogP contribution in [0.4, 0.5) is 5.13 Å². The van der Waals surface area contributed by atoms with Gasteiger partial charge in [0.05, 0.1) is 18.2 Å². The SMILES string of the molecule is CCOC(=O)[C@@H]1C[C@@H]1c1csc(N)n1. The molecule has 2 N–H and O–H groups in total. The van der Waals surface area contributed by atoms with E-state index >= 15 is 0 Å². The van der Waals surface area contributed by atoms with Gasteiger partial charge >= 0.3 is 5.97 Å². The van der Waals surface area contributed by atoms with Crippen LogP contribution in [0.5, 0.6) is 0 Å². The molecule has 1 heterocycles. The molecule has 2 rings (SSSR count). The van der Waals surface area contributed by atoms with Crippen molar-refractivity contribution in [1.29, 1.82) is 0 Å². The highest BCUT2D eigenvalue weighted by atomic mass is 32.1. The molecule has 0 radical (unpaired) electrons. The molecular weight excluding hydrogens is 200 g/mol. The van der Waals surface area contributed by atoms with Gasteiger partial charge in [0, 0.05) is 11.3 Å². The summed E-state index contributed by atoms with van der Waals surface area (Å²) in [6, 6.07) is 0. The van der Waals surface area contributed by atoms with E-state index in [9.17, 15) is 4.79 Å². The molecule has 5 heteroatoms. The average molecular weight is 212 g/mol. The number of anilines is 1. The van der Waals surface area contributed by atoms with Crippen LogP contribution in [-0.2, 0) is 9.53 Å². The molecule has 1 aliphatic carbocycles. The lowest BCUT2D eigenvalue weighted by atomic mass is 10.2. The van der Waals surface area contributed by atoms with Gasteiger partial charge in [-0.05, 0) is 13.3 Å². The van der Waals surface area contributed by atoms with Gasteiger partial charge in [-0.1, -0.05) is 0 Å². The first-order valence-electron chi connectivity index (χ1n) is 4.60. The lowest BCUT2D eigenvalue weighted by molar-refractivity contribution is -0.144. The van der Waals surface area contributed by atoms with Crippen LogP contribution in [0.25, 0.3) is 0 Å². The third-order valence-electron chi connectivity index (χ3n) is 2.30. The molecule has 2 atom stereocenters. The summed E-state index contributed by atoms with van der Waals surface area (Å²) in [4.78, 5) is 15.5. The molecule has 0 unspecified atom stereocenters. The monoisotopic (exact) mass is 212 g/mol. The Bertz CT molecular complexity index is 350. The number of thiazole rings is 1. The van der Waals surface area contributed by atoms with Gasteiger partial charge in [0.1, 0.15) is 0 Å². The van der Waals surface area contributed by atoms with Crippen molar-refractivity contribution in [2.24, 2.45) is 5.92 Å². The van der Waals surface area contributed by atoms with Gasteiger partial charge < -0.3 is 10.5 Å². The summed E-state index contributed by atoms with van der Waals surface area (Å²) in [7, 11) is 0. The largest absolute Gasteiger partial charge is 0.466 e. The molecule has 14 heavy (non-hydrogen) atoms. The molecule has 1 aromatic rings. The Morgan fingerprint density at radius 2 is 2.64 bits per heavy atom. The Kier molecular flexibility index (Phi) is 2.41. The second-order valence-electron chi connectivity index (χ2n) is 3.31. The number of hydrogen-bond donors (Lipinski definition) is 1. The van der Waals surface area contributed by atoms with Crippen LogP contribution in [-0.4, -0.2) is 17.6 Å². The van der Waals surface area contributed by atoms with Crippen LogP contribution >= 0.6 is 11.3 Å². The zero-order valence-electron chi connectivity index (χ0n) is 7.90. The van der Waals surface area contributed by atoms with Crippen LogP contribution in [0.1, 0.15) is 25.0 Å². The van der Waals surface area contributed by atoms with Crippen molar-refractivity contribution in [2.45, 2.75) is 19.3 Å². The quantitative estimate of drug-likeness (QED) is 0.769. The van der Waals surface area contributed by atoms with Crippen molar-refractivity contribution in [1.82, 2.24) is 4.98 Å². The summed E-state index contributed by atoms with van der Waals surface area (Å²) in [6.07, 6.45) is 0.849. The van der Waals surface area contributed by atoms with Gasteiger partial charge in [-0.3, -0.25) is 4.79 Å². The lowest BCUT2D eigenvalue weighted by Crippen LogP contribution is -2.07. The van der Waals surface area contributed by atoms with Gasteiger partial charge in [0.15, 0.2) is 5.13 Å². The Morgan fingerprint density at radius 1 is 1.86 bits per heavy atom. The van der Waals surface area contributed by atoms with E-state index in [0.717, 1.165) is 12.1 Å². The minimum absolute atomic E-state index is 0.0106. The fraction of sp³-hybridized carbons (Fsp3) is 0.556. The highest BCUT2D eigenvalue weighted by Gasteiger charge is 2.46. The van der Waals surface area contributed by atoms with Crippen LogP contribution in [0, 0.1) is 5.92 Å². The number of hydrogen-bond acceptors (Lipinski definition) is 5. The van der Waals surface area contributed by atoms with E-state index in [1.54, 1.807) is 0 Å². The van der Waals surface area contributed by atoms with Crippen molar-refractivity contribution in [3.63, 3.8) is 0 Å². The number of esters is 1. The molecule has 0 spiro atoms. The average Bonchev–Trinajstić information content (AvgIpc) is 2.84. The van der Waals surface area contributed by atoms with E-state index in [-0.39, 0.29) is 17.8 Å². The number of nitrogen functional groups attached to an aromatic ring is 1. The molecule has 0 bridgehead atoms. The molecule has 0 aromatic carbocycles. The number of carbonyl (C=O) groups excluding carboxylic acids is 1. The number of nitrogens with two attached hydrogens (primary N) is 1. The van der Waals surface area contributed by atoms with Gasteiger partial charge in [0.2, 0.25) is 0 Å². The van der Waals surface area contributed by atoms with Crippen molar-refractivity contribution < 1.29 is 9.53 Å². The standard InChI is InChI=1S/C9H12N2O2S/c1-2-13-8(12)6-3-5(6)7-4-14-9(10)11-7/h4-6H,2-3H2,1H3,(H2,10,11)/t5-,6+/m0/s1. The molecular formula is C9H12N2O2S. The van der Waals surface area contributed by atoms with Gasteiger partial charge in [-0.2, -0.15) is 0 Å².